The van der Waals surface area contributed by atoms with E-state index in [0.717, 1.165) is 34.4 Å². The molecular formula is C17H10N4O5S. The number of thiazole rings is 1. The second-order valence-corrected chi connectivity index (χ2v) is 7.29. The van der Waals surface area contributed by atoms with E-state index in [2.05, 4.69) is 4.98 Å². The Morgan fingerprint density at radius 1 is 1.15 bits per heavy atom. The molecular weight excluding hydrogens is 372 g/mol. The standard InChI is InChI=1S/C17H10N4O5S/c22-14-10-5-2-6-11(10)18-17-20(14)12-13(27-17)16(24)19(15(12)23)8-3-1-4-9(7-8)21(25)26/h1,3-4,7H,2,5-6H2. The van der Waals surface area contributed by atoms with E-state index in [0.29, 0.717) is 23.4 Å². The van der Waals surface area contributed by atoms with Gasteiger partial charge in [0.1, 0.15) is 10.6 Å². The van der Waals surface area contributed by atoms with Gasteiger partial charge >= 0.3 is 0 Å². The number of aromatic nitrogens is 2. The number of carbonyl (C=O) groups is 2. The Kier molecular flexibility index (Phi) is 3.11. The molecule has 1 aliphatic carbocycles. The lowest BCUT2D eigenvalue weighted by Gasteiger charge is -2.13. The summed E-state index contributed by atoms with van der Waals surface area (Å²) in [6.45, 7) is 0. The number of anilines is 1. The molecule has 2 aromatic heterocycles. The van der Waals surface area contributed by atoms with Crippen molar-refractivity contribution in [3.05, 3.63) is 66.6 Å². The zero-order chi connectivity index (χ0) is 18.9. The van der Waals surface area contributed by atoms with E-state index >= 15 is 0 Å². The molecule has 0 bridgehead atoms. The molecule has 0 N–H and O–H groups in total. The van der Waals surface area contributed by atoms with E-state index in [9.17, 15) is 24.5 Å². The van der Waals surface area contributed by atoms with E-state index < -0.39 is 16.7 Å². The van der Waals surface area contributed by atoms with Gasteiger partial charge in [0, 0.05) is 17.7 Å². The van der Waals surface area contributed by atoms with Crippen LogP contribution < -0.4 is 10.5 Å². The minimum Gasteiger partial charge on any atom is -0.269 e. The molecule has 3 aromatic rings. The van der Waals surface area contributed by atoms with Gasteiger partial charge in [-0.3, -0.25) is 24.5 Å². The van der Waals surface area contributed by atoms with Crippen LogP contribution in [0.5, 0.6) is 0 Å². The third kappa shape index (κ3) is 2.04. The summed E-state index contributed by atoms with van der Waals surface area (Å²) >= 11 is 0.993. The van der Waals surface area contributed by atoms with Gasteiger partial charge in [-0.2, -0.15) is 0 Å². The molecule has 0 atom stereocenters. The predicted molar refractivity (Wildman–Crippen MR) is 95.6 cm³/mol. The molecule has 0 saturated heterocycles. The van der Waals surface area contributed by atoms with Crippen molar-refractivity contribution >= 4 is 39.5 Å². The van der Waals surface area contributed by atoms with Crippen molar-refractivity contribution in [2.75, 3.05) is 4.90 Å². The lowest BCUT2D eigenvalue weighted by atomic mass is 10.2. The Morgan fingerprint density at radius 2 is 1.96 bits per heavy atom. The minimum absolute atomic E-state index is 0.0151. The van der Waals surface area contributed by atoms with Crippen LogP contribution in [0.3, 0.4) is 0 Å². The number of hydrogen-bond donors (Lipinski definition) is 0. The largest absolute Gasteiger partial charge is 0.284 e. The Bertz CT molecular complexity index is 1260. The highest BCUT2D eigenvalue weighted by Gasteiger charge is 2.42. The molecule has 10 heteroatoms. The van der Waals surface area contributed by atoms with Crippen LogP contribution in [0.2, 0.25) is 0 Å². The first kappa shape index (κ1) is 15.8. The van der Waals surface area contributed by atoms with E-state index in [1.54, 1.807) is 0 Å². The number of amides is 2. The molecule has 0 spiro atoms. The fourth-order valence-electron chi connectivity index (χ4n) is 3.59. The van der Waals surface area contributed by atoms with Gasteiger partial charge in [0.05, 0.1) is 16.3 Å². The highest BCUT2D eigenvalue weighted by atomic mass is 32.1. The van der Waals surface area contributed by atoms with Crippen molar-refractivity contribution < 1.29 is 14.5 Å². The monoisotopic (exact) mass is 382 g/mol. The van der Waals surface area contributed by atoms with Crippen molar-refractivity contribution in [2.45, 2.75) is 19.3 Å². The van der Waals surface area contributed by atoms with Crippen LogP contribution in [0, 0.1) is 10.1 Å². The van der Waals surface area contributed by atoms with Gasteiger partial charge in [0.15, 0.2) is 4.96 Å². The molecule has 1 aromatic carbocycles. The molecule has 9 nitrogen and oxygen atoms in total. The van der Waals surface area contributed by atoms with Gasteiger partial charge in [0.2, 0.25) is 0 Å². The first-order valence-corrected chi connectivity index (χ1v) is 8.99. The predicted octanol–water partition coefficient (Wildman–Crippen LogP) is 1.95. The molecule has 2 amide bonds. The van der Waals surface area contributed by atoms with E-state index in [4.69, 9.17) is 0 Å². The number of nitro groups is 1. The fraction of sp³-hybridized carbons (Fsp3) is 0.176. The molecule has 2 aliphatic rings. The number of benzene rings is 1. The molecule has 5 rings (SSSR count). The number of hydrogen-bond acceptors (Lipinski definition) is 7. The number of imide groups is 1. The van der Waals surface area contributed by atoms with Gasteiger partial charge in [-0.05, 0) is 25.3 Å². The Hall–Kier alpha value is -3.40. The van der Waals surface area contributed by atoms with Crippen LogP contribution in [0.1, 0.15) is 37.8 Å². The number of aryl methyl sites for hydroxylation is 1. The first-order chi connectivity index (χ1) is 13.0. The van der Waals surface area contributed by atoms with Gasteiger partial charge in [-0.25, -0.2) is 14.3 Å². The molecule has 0 unspecified atom stereocenters. The fourth-order valence-corrected chi connectivity index (χ4v) is 4.65. The van der Waals surface area contributed by atoms with Crippen molar-refractivity contribution in [3.63, 3.8) is 0 Å². The van der Waals surface area contributed by atoms with Crippen LogP contribution in [0.15, 0.2) is 29.1 Å². The summed E-state index contributed by atoms with van der Waals surface area (Å²) in [6.07, 6.45) is 2.15. The summed E-state index contributed by atoms with van der Waals surface area (Å²) in [5.74, 6) is -1.28. The lowest BCUT2D eigenvalue weighted by Crippen LogP contribution is -2.31. The van der Waals surface area contributed by atoms with Gasteiger partial charge < -0.3 is 0 Å². The van der Waals surface area contributed by atoms with Crippen molar-refractivity contribution in [3.8, 4) is 0 Å². The summed E-state index contributed by atoms with van der Waals surface area (Å²) in [6, 6.07) is 5.28. The maximum Gasteiger partial charge on any atom is 0.284 e. The Balaban J connectivity index is 1.70. The highest BCUT2D eigenvalue weighted by molar-refractivity contribution is 7.19. The van der Waals surface area contributed by atoms with Crippen molar-refractivity contribution in [1.29, 1.82) is 0 Å². The number of carbonyl (C=O) groups excluding carboxylic acids is 2. The topological polar surface area (TPSA) is 115 Å². The average molecular weight is 382 g/mol. The van der Waals surface area contributed by atoms with E-state index in [1.807, 2.05) is 0 Å². The van der Waals surface area contributed by atoms with Crippen LogP contribution >= 0.6 is 11.3 Å². The van der Waals surface area contributed by atoms with Gasteiger partial charge in [0.25, 0.3) is 23.1 Å². The smallest absolute Gasteiger partial charge is 0.269 e. The van der Waals surface area contributed by atoms with Crippen molar-refractivity contribution in [1.82, 2.24) is 9.38 Å². The maximum atomic E-state index is 13.0. The van der Waals surface area contributed by atoms with Crippen LogP contribution in [0.4, 0.5) is 11.4 Å². The van der Waals surface area contributed by atoms with Gasteiger partial charge in [-0.15, -0.1) is 0 Å². The first-order valence-electron chi connectivity index (χ1n) is 8.18. The second kappa shape index (κ2) is 5.30. The number of nitrogens with zero attached hydrogens (tertiary/aromatic N) is 4. The summed E-state index contributed by atoms with van der Waals surface area (Å²) < 4.78 is 1.21. The lowest BCUT2D eigenvalue weighted by molar-refractivity contribution is -0.384. The minimum atomic E-state index is -0.677. The number of fused-ring (bicyclic) bond motifs is 4. The zero-order valence-corrected chi connectivity index (χ0v) is 14.5. The van der Waals surface area contributed by atoms with E-state index in [-0.39, 0.29) is 27.5 Å². The third-order valence-corrected chi connectivity index (χ3v) is 5.83. The average Bonchev–Trinajstić information content (AvgIpc) is 3.31. The maximum absolute atomic E-state index is 13.0. The second-order valence-electron chi connectivity index (χ2n) is 6.32. The van der Waals surface area contributed by atoms with E-state index in [1.165, 1.54) is 22.6 Å². The molecule has 27 heavy (non-hydrogen) atoms. The molecule has 0 fully saturated rings. The Labute approximate surface area is 154 Å². The third-order valence-electron chi connectivity index (χ3n) is 4.81. The number of nitro benzene ring substituents is 1. The number of rotatable bonds is 2. The molecule has 3 heterocycles. The van der Waals surface area contributed by atoms with Crippen molar-refractivity contribution in [2.24, 2.45) is 0 Å². The molecule has 134 valence electrons. The van der Waals surface area contributed by atoms with Crippen LogP contribution in [0.25, 0.3) is 4.96 Å². The summed E-state index contributed by atoms with van der Waals surface area (Å²) in [4.78, 5) is 54.8. The number of non-ortho nitro benzene ring substituents is 1. The Morgan fingerprint density at radius 3 is 2.74 bits per heavy atom. The van der Waals surface area contributed by atoms with Crippen LogP contribution in [-0.2, 0) is 12.8 Å². The highest BCUT2D eigenvalue weighted by Crippen LogP contribution is 2.35. The molecule has 0 saturated carbocycles. The summed E-state index contributed by atoms with van der Waals surface area (Å²) in [5.41, 5.74) is 0.853. The summed E-state index contributed by atoms with van der Waals surface area (Å²) in [7, 11) is 0. The zero-order valence-electron chi connectivity index (χ0n) is 13.7. The quantitative estimate of drug-likeness (QED) is 0.380. The van der Waals surface area contributed by atoms with Crippen LogP contribution in [-0.4, -0.2) is 26.1 Å². The molecule has 1 aliphatic heterocycles. The molecule has 0 radical (unpaired) electrons. The normalized spacial score (nSPS) is 15.5. The SMILES string of the molecule is O=C1c2sc3nc4c(c(=O)n3c2C(=O)N1c1cccc([N+](=O)[O-])c1)CCC4. The summed E-state index contributed by atoms with van der Waals surface area (Å²) in [5, 5.41) is 11.0. The van der Waals surface area contributed by atoms with Gasteiger partial charge in [-0.1, -0.05) is 17.4 Å².